The van der Waals surface area contributed by atoms with Crippen LogP contribution in [0.3, 0.4) is 0 Å². The van der Waals surface area contributed by atoms with E-state index in [1.165, 1.54) is 12.1 Å². The van der Waals surface area contributed by atoms with Crippen molar-refractivity contribution in [2.75, 3.05) is 24.6 Å². The van der Waals surface area contributed by atoms with Crippen LogP contribution in [-0.2, 0) is 0 Å². The normalized spacial score (nSPS) is 19.8. The van der Waals surface area contributed by atoms with Crippen LogP contribution in [0.1, 0.15) is 33.1 Å². The lowest BCUT2D eigenvalue weighted by atomic mass is 10.1. The Morgan fingerprint density at radius 2 is 2.05 bits per heavy atom. The van der Waals surface area contributed by atoms with Crippen molar-refractivity contribution in [1.29, 1.82) is 0 Å². The molecular weight excluding hydrogens is 236 g/mol. The molecule has 0 saturated carbocycles. The van der Waals surface area contributed by atoms with Gasteiger partial charge in [0.15, 0.2) is 0 Å². The van der Waals surface area contributed by atoms with Gasteiger partial charge in [-0.15, -0.1) is 0 Å². The molecule has 0 amide bonds. The van der Waals surface area contributed by atoms with Crippen LogP contribution < -0.4 is 15.4 Å². The van der Waals surface area contributed by atoms with Crippen molar-refractivity contribution in [3.8, 4) is 5.75 Å². The maximum atomic E-state index is 6.02. The van der Waals surface area contributed by atoms with E-state index in [2.05, 4.69) is 43.0 Å². The van der Waals surface area contributed by atoms with Gasteiger partial charge in [0.25, 0.3) is 0 Å². The van der Waals surface area contributed by atoms with Crippen LogP contribution in [0.4, 0.5) is 5.69 Å². The van der Waals surface area contributed by atoms with Crippen molar-refractivity contribution in [3.63, 3.8) is 0 Å². The first kappa shape index (κ1) is 14.2. The van der Waals surface area contributed by atoms with Gasteiger partial charge in [-0.05, 0) is 49.4 Å². The minimum absolute atomic E-state index is 0.315. The fourth-order valence-corrected chi connectivity index (χ4v) is 2.41. The van der Waals surface area contributed by atoms with Gasteiger partial charge >= 0.3 is 0 Å². The summed E-state index contributed by atoms with van der Waals surface area (Å²) in [6.07, 6.45) is 3.43. The summed E-state index contributed by atoms with van der Waals surface area (Å²) in [7, 11) is 0. The standard InChI is InChI=1S/C16H26N2O/c1-13(2)9-11-19-16-7-5-15(6-8-16)18-10-3-4-14(17)12-18/h5-8,13-14H,3-4,9-12,17H2,1-2H3. The molecular formula is C16H26N2O. The molecule has 0 bridgehead atoms. The molecule has 0 spiro atoms. The summed E-state index contributed by atoms with van der Waals surface area (Å²) in [5, 5.41) is 0. The van der Waals surface area contributed by atoms with E-state index < -0.39 is 0 Å². The maximum Gasteiger partial charge on any atom is 0.119 e. The fraction of sp³-hybridized carbons (Fsp3) is 0.625. The molecule has 1 fully saturated rings. The SMILES string of the molecule is CC(C)CCOc1ccc(N2CCCC(N)C2)cc1. The molecule has 1 unspecified atom stereocenters. The molecule has 1 aromatic carbocycles. The number of hydrogen-bond donors (Lipinski definition) is 1. The monoisotopic (exact) mass is 262 g/mol. The average molecular weight is 262 g/mol. The Balaban J connectivity index is 1.87. The van der Waals surface area contributed by atoms with E-state index in [1.54, 1.807) is 0 Å². The molecule has 1 saturated heterocycles. The number of benzene rings is 1. The molecule has 0 aromatic heterocycles. The van der Waals surface area contributed by atoms with E-state index in [4.69, 9.17) is 10.5 Å². The molecule has 0 aliphatic carbocycles. The Bertz CT molecular complexity index is 375. The molecule has 1 atom stereocenters. The third-order valence-electron chi connectivity index (χ3n) is 3.62. The third kappa shape index (κ3) is 4.43. The van der Waals surface area contributed by atoms with Gasteiger partial charge in [0.2, 0.25) is 0 Å². The number of ether oxygens (including phenoxy) is 1. The number of anilines is 1. The van der Waals surface area contributed by atoms with Crippen molar-refractivity contribution in [3.05, 3.63) is 24.3 Å². The molecule has 19 heavy (non-hydrogen) atoms. The summed E-state index contributed by atoms with van der Waals surface area (Å²) in [5.41, 5.74) is 7.28. The van der Waals surface area contributed by atoms with Crippen molar-refractivity contribution in [2.24, 2.45) is 11.7 Å². The summed E-state index contributed by atoms with van der Waals surface area (Å²) < 4.78 is 5.74. The van der Waals surface area contributed by atoms with E-state index in [0.717, 1.165) is 38.3 Å². The Morgan fingerprint density at radius 3 is 2.68 bits per heavy atom. The molecule has 3 heteroatoms. The van der Waals surface area contributed by atoms with Gasteiger partial charge in [0.1, 0.15) is 5.75 Å². The minimum atomic E-state index is 0.315. The van der Waals surface area contributed by atoms with E-state index >= 15 is 0 Å². The highest BCUT2D eigenvalue weighted by Crippen LogP contribution is 2.22. The van der Waals surface area contributed by atoms with Crippen LogP contribution in [0.25, 0.3) is 0 Å². The van der Waals surface area contributed by atoms with Crippen LogP contribution in [0.5, 0.6) is 5.75 Å². The Labute approximate surface area is 116 Å². The number of nitrogens with two attached hydrogens (primary N) is 1. The number of rotatable bonds is 5. The Hall–Kier alpha value is -1.22. The summed E-state index contributed by atoms with van der Waals surface area (Å²) in [4.78, 5) is 2.37. The number of piperidine rings is 1. The van der Waals surface area contributed by atoms with Crippen LogP contribution in [0, 0.1) is 5.92 Å². The van der Waals surface area contributed by atoms with Gasteiger partial charge < -0.3 is 15.4 Å². The van der Waals surface area contributed by atoms with E-state index in [0.29, 0.717) is 12.0 Å². The second-order valence-electron chi connectivity index (χ2n) is 5.87. The first-order valence-corrected chi connectivity index (χ1v) is 7.38. The van der Waals surface area contributed by atoms with Crippen LogP contribution >= 0.6 is 0 Å². The maximum absolute atomic E-state index is 6.02. The quantitative estimate of drug-likeness (QED) is 0.886. The lowest BCUT2D eigenvalue weighted by Crippen LogP contribution is -2.42. The lowest BCUT2D eigenvalue weighted by molar-refractivity contribution is 0.289. The second kappa shape index (κ2) is 6.80. The Morgan fingerprint density at radius 1 is 1.32 bits per heavy atom. The van der Waals surface area contributed by atoms with Crippen molar-refractivity contribution < 1.29 is 4.74 Å². The highest BCUT2D eigenvalue weighted by atomic mass is 16.5. The van der Waals surface area contributed by atoms with Crippen molar-refractivity contribution in [2.45, 2.75) is 39.2 Å². The number of nitrogens with zero attached hydrogens (tertiary/aromatic N) is 1. The molecule has 2 N–H and O–H groups in total. The van der Waals surface area contributed by atoms with Crippen molar-refractivity contribution >= 4 is 5.69 Å². The van der Waals surface area contributed by atoms with Gasteiger partial charge in [0, 0.05) is 24.8 Å². The Kier molecular flexibility index (Phi) is 5.08. The molecule has 1 aliphatic heterocycles. The highest BCUT2D eigenvalue weighted by Gasteiger charge is 2.16. The zero-order valence-corrected chi connectivity index (χ0v) is 12.1. The summed E-state index contributed by atoms with van der Waals surface area (Å²) in [6, 6.07) is 8.73. The first-order valence-electron chi connectivity index (χ1n) is 7.38. The molecule has 1 aliphatic rings. The average Bonchev–Trinajstić information content (AvgIpc) is 2.39. The zero-order chi connectivity index (χ0) is 13.7. The zero-order valence-electron chi connectivity index (χ0n) is 12.1. The van der Waals surface area contributed by atoms with E-state index in [1.807, 2.05) is 0 Å². The fourth-order valence-electron chi connectivity index (χ4n) is 2.41. The van der Waals surface area contributed by atoms with Gasteiger partial charge in [-0.2, -0.15) is 0 Å². The smallest absolute Gasteiger partial charge is 0.119 e. The van der Waals surface area contributed by atoms with E-state index in [9.17, 15) is 0 Å². The van der Waals surface area contributed by atoms with Crippen LogP contribution in [0.15, 0.2) is 24.3 Å². The molecule has 1 aromatic rings. The van der Waals surface area contributed by atoms with Crippen LogP contribution in [-0.4, -0.2) is 25.7 Å². The van der Waals surface area contributed by atoms with Gasteiger partial charge in [0.05, 0.1) is 6.61 Å². The lowest BCUT2D eigenvalue weighted by Gasteiger charge is -2.32. The first-order chi connectivity index (χ1) is 9.15. The molecule has 0 radical (unpaired) electrons. The van der Waals surface area contributed by atoms with Crippen LogP contribution in [0.2, 0.25) is 0 Å². The van der Waals surface area contributed by atoms with Gasteiger partial charge in [-0.25, -0.2) is 0 Å². The summed E-state index contributed by atoms with van der Waals surface area (Å²) in [6.45, 7) is 7.30. The second-order valence-corrected chi connectivity index (χ2v) is 5.87. The molecule has 106 valence electrons. The van der Waals surface area contributed by atoms with Gasteiger partial charge in [-0.3, -0.25) is 0 Å². The predicted octanol–water partition coefficient (Wildman–Crippen LogP) is 3.04. The topological polar surface area (TPSA) is 38.5 Å². The van der Waals surface area contributed by atoms with E-state index in [-0.39, 0.29) is 0 Å². The predicted molar refractivity (Wildman–Crippen MR) is 80.8 cm³/mol. The van der Waals surface area contributed by atoms with Gasteiger partial charge in [-0.1, -0.05) is 13.8 Å². The molecule has 3 nitrogen and oxygen atoms in total. The summed E-state index contributed by atoms with van der Waals surface area (Å²) in [5.74, 6) is 1.65. The highest BCUT2D eigenvalue weighted by molar-refractivity contribution is 5.49. The summed E-state index contributed by atoms with van der Waals surface area (Å²) >= 11 is 0. The largest absolute Gasteiger partial charge is 0.494 e. The molecule has 1 heterocycles. The minimum Gasteiger partial charge on any atom is -0.494 e. The van der Waals surface area contributed by atoms with Crippen molar-refractivity contribution in [1.82, 2.24) is 0 Å². The number of hydrogen-bond acceptors (Lipinski definition) is 3. The molecule has 2 rings (SSSR count). The third-order valence-corrected chi connectivity index (χ3v) is 3.62.